The molecule has 2 spiro atoms. The fourth-order valence-corrected chi connectivity index (χ4v) is 15.8. The van der Waals surface area contributed by atoms with Crippen molar-refractivity contribution in [1.82, 2.24) is 0 Å². The summed E-state index contributed by atoms with van der Waals surface area (Å²) in [5, 5.41) is 0. The third-order valence-corrected chi connectivity index (χ3v) is 17.6. The third-order valence-electron chi connectivity index (χ3n) is 17.6. The van der Waals surface area contributed by atoms with Gasteiger partial charge < -0.3 is 4.90 Å². The highest BCUT2D eigenvalue weighted by atomic mass is 15.1. The normalized spacial score (nSPS) is 31.6. The van der Waals surface area contributed by atoms with Crippen molar-refractivity contribution < 1.29 is 0 Å². The summed E-state index contributed by atoms with van der Waals surface area (Å²) in [7, 11) is 0. The largest absolute Gasteiger partial charge is 0.310 e. The van der Waals surface area contributed by atoms with Crippen molar-refractivity contribution in [1.29, 1.82) is 0 Å². The molecule has 0 saturated heterocycles. The molecule has 0 aliphatic heterocycles. The van der Waals surface area contributed by atoms with Gasteiger partial charge in [0.2, 0.25) is 0 Å². The van der Waals surface area contributed by atoms with E-state index in [1.807, 2.05) is 0 Å². The minimum atomic E-state index is 0.123. The van der Waals surface area contributed by atoms with Gasteiger partial charge in [-0.3, -0.25) is 0 Å². The maximum Gasteiger partial charge on any atom is 0.0540 e. The van der Waals surface area contributed by atoms with E-state index in [4.69, 9.17) is 0 Å². The van der Waals surface area contributed by atoms with Crippen LogP contribution in [0.4, 0.5) is 17.1 Å². The van der Waals surface area contributed by atoms with Gasteiger partial charge in [0.15, 0.2) is 0 Å². The highest BCUT2D eigenvalue weighted by molar-refractivity contribution is 5.93. The molecule has 288 valence electrons. The lowest BCUT2D eigenvalue weighted by atomic mass is 9.43. The van der Waals surface area contributed by atoms with Crippen molar-refractivity contribution in [2.24, 2.45) is 41.4 Å². The van der Waals surface area contributed by atoms with Crippen molar-refractivity contribution in [3.05, 3.63) is 162 Å². The third kappa shape index (κ3) is 4.44. The van der Waals surface area contributed by atoms with E-state index < -0.39 is 0 Å². The molecule has 0 aromatic heterocycles. The first-order valence-corrected chi connectivity index (χ1v) is 23.1. The fraction of sp³-hybridized carbons (Fsp3) is 0.368. The topological polar surface area (TPSA) is 3.24 Å². The van der Waals surface area contributed by atoms with Crippen molar-refractivity contribution in [3.8, 4) is 33.4 Å². The van der Waals surface area contributed by atoms with E-state index in [0.717, 1.165) is 41.4 Å². The molecular formula is C57H55N. The molecule has 6 aromatic carbocycles. The molecule has 8 aliphatic carbocycles. The molecule has 2 atom stereocenters. The van der Waals surface area contributed by atoms with Crippen molar-refractivity contribution in [2.45, 2.75) is 88.4 Å². The molecule has 1 heteroatoms. The van der Waals surface area contributed by atoms with Crippen LogP contribution in [0.5, 0.6) is 0 Å². The van der Waals surface area contributed by atoms with Crippen LogP contribution in [-0.4, -0.2) is 0 Å². The molecule has 6 aromatic rings. The summed E-state index contributed by atoms with van der Waals surface area (Å²) in [5.41, 5.74) is 19.1. The van der Waals surface area contributed by atoms with Gasteiger partial charge in [-0.05, 0) is 180 Å². The Balaban J connectivity index is 1.03. The zero-order valence-electron chi connectivity index (χ0n) is 34.0. The number of nitrogens with zero attached hydrogens (tertiary/aromatic N) is 1. The minimum absolute atomic E-state index is 0.123. The molecular weight excluding hydrogens is 699 g/mol. The van der Waals surface area contributed by atoms with Crippen LogP contribution in [0.15, 0.2) is 140 Å². The van der Waals surface area contributed by atoms with E-state index in [9.17, 15) is 0 Å². The Kier molecular flexibility index (Phi) is 7.37. The molecule has 1 nitrogen and oxygen atoms in total. The lowest BCUT2D eigenvalue weighted by Crippen LogP contribution is -2.55. The van der Waals surface area contributed by atoms with Gasteiger partial charge >= 0.3 is 0 Å². The standard InChI is InChI=1S/C57H55N/c1-2-36-28-40-15-12-16-41(29-36)56(40)52-21-10-7-19-48(52)50-34-44(24-26-53(50)56)58(55-22-11-8-17-46(55)39-13-4-3-5-14-39)45-23-25-49-47-18-6-9-20-51(47)57(54(49)35-45)42-30-37-27-38(32-42)33-43(57)31-37/h3-11,13-14,17-26,34-38,40-43H,2,12,15-16,27-33H2,1H3. The second-order valence-corrected chi connectivity index (χ2v) is 19.9. The molecule has 0 radical (unpaired) electrons. The predicted octanol–water partition coefficient (Wildman–Crippen LogP) is 15.0. The second-order valence-electron chi connectivity index (χ2n) is 19.9. The quantitative estimate of drug-likeness (QED) is 0.169. The zero-order valence-corrected chi connectivity index (χ0v) is 34.0. The predicted molar refractivity (Wildman–Crippen MR) is 240 cm³/mol. The Hall–Kier alpha value is -4.88. The van der Waals surface area contributed by atoms with Crippen LogP contribution in [0.1, 0.15) is 99.8 Å². The van der Waals surface area contributed by atoms with Gasteiger partial charge in [0, 0.05) is 27.8 Å². The van der Waals surface area contributed by atoms with Gasteiger partial charge in [0.1, 0.15) is 0 Å². The van der Waals surface area contributed by atoms with Gasteiger partial charge in [0.05, 0.1) is 5.69 Å². The fourth-order valence-electron chi connectivity index (χ4n) is 15.8. The van der Waals surface area contributed by atoms with Crippen LogP contribution in [0, 0.1) is 41.4 Å². The Bertz CT molecular complexity index is 2550. The summed E-state index contributed by atoms with van der Waals surface area (Å²) in [4.78, 5) is 2.65. The molecule has 0 heterocycles. The summed E-state index contributed by atoms with van der Waals surface area (Å²) in [6.07, 6.45) is 15.3. The molecule has 2 unspecified atom stereocenters. The van der Waals surface area contributed by atoms with Crippen LogP contribution in [0.3, 0.4) is 0 Å². The zero-order chi connectivity index (χ0) is 38.2. The van der Waals surface area contributed by atoms with Gasteiger partial charge in [-0.1, -0.05) is 129 Å². The Labute approximate surface area is 345 Å². The van der Waals surface area contributed by atoms with E-state index in [2.05, 4.69) is 151 Å². The number of para-hydroxylation sites is 1. The smallest absolute Gasteiger partial charge is 0.0540 e. The number of fused-ring (bicyclic) bond motifs is 6. The monoisotopic (exact) mass is 753 g/mol. The van der Waals surface area contributed by atoms with Crippen molar-refractivity contribution in [3.63, 3.8) is 0 Å². The average molecular weight is 754 g/mol. The average Bonchev–Trinajstić information content (AvgIpc) is 3.71. The Morgan fingerprint density at radius 2 is 0.983 bits per heavy atom. The van der Waals surface area contributed by atoms with Gasteiger partial charge in [-0.25, -0.2) is 0 Å². The Morgan fingerprint density at radius 3 is 1.67 bits per heavy atom. The molecule has 6 bridgehead atoms. The van der Waals surface area contributed by atoms with E-state index in [0.29, 0.717) is 0 Å². The maximum atomic E-state index is 2.69. The van der Waals surface area contributed by atoms with Crippen LogP contribution in [0.25, 0.3) is 33.4 Å². The van der Waals surface area contributed by atoms with Crippen molar-refractivity contribution >= 4 is 17.1 Å². The molecule has 6 saturated carbocycles. The summed E-state index contributed by atoms with van der Waals surface area (Å²) in [5.74, 6) is 5.65. The van der Waals surface area contributed by atoms with Gasteiger partial charge in [-0.2, -0.15) is 0 Å². The summed E-state index contributed by atoms with van der Waals surface area (Å²) >= 11 is 0. The van der Waals surface area contributed by atoms with Gasteiger partial charge in [0.25, 0.3) is 0 Å². The van der Waals surface area contributed by atoms with Crippen LogP contribution < -0.4 is 4.90 Å². The number of hydrogen-bond acceptors (Lipinski definition) is 1. The molecule has 0 amide bonds. The first-order valence-electron chi connectivity index (χ1n) is 23.1. The van der Waals surface area contributed by atoms with Crippen molar-refractivity contribution in [2.75, 3.05) is 4.90 Å². The van der Waals surface area contributed by atoms with Crippen LogP contribution >= 0.6 is 0 Å². The highest BCUT2D eigenvalue weighted by Gasteiger charge is 2.62. The maximum absolute atomic E-state index is 2.69. The second kappa shape index (κ2) is 12.6. The number of benzene rings is 6. The summed E-state index contributed by atoms with van der Waals surface area (Å²) in [6, 6.07) is 54.9. The van der Waals surface area contributed by atoms with E-state index in [1.165, 1.54) is 121 Å². The molecule has 8 aliphatic rings. The first kappa shape index (κ1) is 34.0. The SMILES string of the molecule is CCC1CC2CCCC(C1)C21c2ccccc2-c2cc(N(c3ccc4c(c3)C3(c5ccccc5-4)C4CC5CC(C4)CC3C5)c3ccccc3-c3ccccc3)ccc21. The minimum Gasteiger partial charge on any atom is -0.310 e. The van der Waals surface area contributed by atoms with Gasteiger partial charge in [-0.15, -0.1) is 0 Å². The lowest BCUT2D eigenvalue weighted by Gasteiger charge is -2.61. The molecule has 14 rings (SSSR count). The lowest BCUT2D eigenvalue weighted by molar-refractivity contribution is -0.0399. The molecule has 6 fully saturated rings. The van der Waals surface area contributed by atoms with E-state index in [-0.39, 0.29) is 10.8 Å². The van der Waals surface area contributed by atoms with E-state index in [1.54, 1.807) is 22.3 Å². The Morgan fingerprint density at radius 1 is 0.448 bits per heavy atom. The number of rotatable bonds is 5. The first-order chi connectivity index (χ1) is 28.7. The summed E-state index contributed by atoms with van der Waals surface area (Å²) < 4.78 is 0. The number of anilines is 3. The van der Waals surface area contributed by atoms with E-state index >= 15 is 0 Å². The van der Waals surface area contributed by atoms with Crippen LogP contribution in [-0.2, 0) is 10.8 Å². The molecule has 0 N–H and O–H groups in total. The van der Waals surface area contributed by atoms with Crippen LogP contribution in [0.2, 0.25) is 0 Å². The number of hydrogen-bond donors (Lipinski definition) is 0. The molecule has 58 heavy (non-hydrogen) atoms. The summed E-state index contributed by atoms with van der Waals surface area (Å²) in [6.45, 7) is 2.44. The highest BCUT2D eigenvalue weighted by Crippen LogP contribution is 2.70.